The lowest BCUT2D eigenvalue weighted by molar-refractivity contribution is -0.127. The quantitative estimate of drug-likeness (QED) is 0.666. The van der Waals surface area contributed by atoms with Gasteiger partial charge in [-0.05, 0) is 25.8 Å². The molecule has 2 heterocycles. The number of hydrogen-bond acceptors (Lipinski definition) is 3. The van der Waals surface area contributed by atoms with E-state index in [0.29, 0.717) is 37.2 Å². The van der Waals surface area contributed by atoms with Crippen molar-refractivity contribution in [3.05, 3.63) is 35.5 Å². The Hall–Kier alpha value is -2.63. The molecular formula is C18H21N3O3. The van der Waals surface area contributed by atoms with Crippen LogP contribution < -0.4 is 5.32 Å². The summed E-state index contributed by atoms with van der Waals surface area (Å²) in [6, 6.07) is 7.57. The molecule has 0 aliphatic carbocycles. The van der Waals surface area contributed by atoms with Crippen molar-refractivity contribution in [1.82, 2.24) is 15.2 Å². The maximum Gasteiger partial charge on any atom is 0.295 e. The highest BCUT2D eigenvalue weighted by molar-refractivity contribution is 6.45. The molecule has 1 fully saturated rings. The highest BCUT2D eigenvalue weighted by Gasteiger charge is 2.30. The zero-order valence-electron chi connectivity index (χ0n) is 13.9. The molecule has 24 heavy (non-hydrogen) atoms. The number of benzene rings is 1. The molecule has 6 heteroatoms. The van der Waals surface area contributed by atoms with E-state index < -0.39 is 11.7 Å². The molecule has 0 bridgehead atoms. The highest BCUT2D eigenvalue weighted by atomic mass is 16.2. The number of hydrogen-bond donors (Lipinski definition) is 2. The van der Waals surface area contributed by atoms with Gasteiger partial charge in [-0.25, -0.2) is 0 Å². The van der Waals surface area contributed by atoms with E-state index in [2.05, 4.69) is 10.3 Å². The van der Waals surface area contributed by atoms with E-state index in [9.17, 15) is 14.4 Å². The summed E-state index contributed by atoms with van der Waals surface area (Å²) in [5.41, 5.74) is 2.03. The molecule has 1 saturated heterocycles. The molecule has 2 aromatic rings. The summed E-state index contributed by atoms with van der Waals surface area (Å²) < 4.78 is 0. The predicted octanol–water partition coefficient (Wildman–Crippen LogP) is 1.79. The second-order valence-corrected chi connectivity index (χ2v) is 6.27. The number of amides is 2. The van der Waals surface area contributed by atoms with Gasteiger partial charge in [0.2, 0.25) is 5.91 Å². The van der Waals surface area contributed by atoms with E-state index in [-0.39, 0.29) is 11.9 Å². The van der Waals surface area contributed by atoms with Crippen LogP contribution in [0.2, 0.25) is 0 Å². The van der Waals surface area contributed by atoms with Crippen LogP contribution in [0.5, 0.6) is 0 Å². The minimum absolute atomic E-state index is 0.0646. The second kappa shape index (κ2) is 6.47. The SMILES string of the molecule is CC(=O)NC1CCN(C(=O)C(=O)c2c(C)[nH]c3ccccc23)CC1. The molecule has 2 N–H and O–H groups in total. The van der Waals surface area contributed by atoms with Crippen molar-refractivity contribution in [1.29, 1.82) is 0 Å². The topological polar surface area (TPSA) is 82.3 Å². The fraction of sp³-hybridized carbons (Fsp3) is 0.389. The predicted molar refractivity (Wildman–Crippen MR) is 90.8 cm³/mol. The number of aromatic nitrogens is 1. The Morgan fingerprint density at radius 2 is 1.83 bits per heavy atom. The van der Waals surface area contributed by atoms with Gasteiger partial charge in [0, 0.05) is 42.7 Å². The third-order valence-electron chi connectivity index (χ3n) is 4.50. The molecule has 126 valence electrons. The van der Waals surface area contributed by atoms with Gasteiger partial charge in [0.25, 0.3) is 11.7 Å². The minimum Gasteiger partial charge on any atom is -0.358 e. The molecule has 0 radical (unpaired) electrons. The lowest BCUT2D eigenvalue weighted by Crippen LogP contribution is -2.47. The summed E-state index contributed by atoms with van der Waals surface area (Å²) in [5, 5.41) is 3.64. The average molecular weight is 327 g/mol. The number of aryl methyl sites for hydroxylation is 1. The molecule has 0 atom stereocenters. The van der Waals surface area contributed by atoms with Crippen LogP contribution in [-0.2, 0) is 9.59 Å². The molecule has 1 aliphatic heterocycles. The van der Waals surface area contributed by atoms with Crippen molar-refractivity contribution < 1.29 is 14.4 Å². The van der Waals surface area contributed by atoms with Crippen molar-refractivity contribution >= 4 is 28.5 Å². The fourth-order valence-electron chi connectivity index (χ4n) is 3.33. The van der Waals surface area contributed by atoms with Crippen LogP contribution in [0.25, 0.3) is 10.9 Å². The largest absolute Gasteiger partial charge is 0.358 e. The summed E-state index contributed by atoms with van der Waals surface area (Å²) in [6.07, 6.45) is 1.34. The van der Waals surface area contributed by atoms with Crippen molar-refractivity contribution in [3.63, 3.8) is 0 Å². The number of fused-ring (bicyclic) bond motifs is 1. The number of aromatic amines is 1. The molecule has 0 saturated carbocycles. The Balaban J connectivity index is 1.75. The first kappa shape index (κ1) is 16.2. The Morgan fingerprint density at radius 3 is 2.50 bits per heavy atom. The Kier molecular flexibility index (Phi) is 4.38. The molecule has 0 spiro atoms. The van der Waals surface area contributed by atoms with Crippen LogP contribution in [0, 0.1) is 6.92 Å². The third kappa shape index (κ3) is 3.04. The van der Waals surface area contributed by atoms with Crippen molar-refractivity contribution in [2.24, 2.45) is 0 Å². The van der Waals surface area contributed by atoms with Gasteiger partial charge >= 0.3 is 0 Å². The number of likely N-dealkylation sites (tertiary alicyclic amines) is 1. The van der Waals surface area contributed by atoms with Crippen LogP contribution in [0.3, 0.4) is 0 Å². The van der Waals surface area contributed by atoms with Crippen molar-refractivity contribution in [2.75, 3.05) is 13.1 Å². The normalized spacial score (nSPS) is 15.5. The van der Waals surface area contributed by atoms with Crippen LogP contribution >= 0.6 is 0 Å². The highest BCUT2D eigenvalue weighted by Crippen LogP contribution is 2.23. The summed E-state index contributed by atoms with van der Waals surface area (Å²) >= 11 is 0. The van der Waals surface area contributed by atoms with Gasteiger partial charge in [-0.3, -0.25) is 14.4 Å². The molecule has 6 nitrogen and oxygen atoms in total. The first-order chi connectivity index (χ1) is 11.5. The Morgan fingerprint density at radius 1 is 1.17 bits per heavy atom. The minimum atomic E-state index is -0.470. The molecule has 2 amide bonds. The van der Waals surface area contributed by atoms with Gasteiger partial charge in [-0.2, -0.15) is 0 Å². The molecule has 0 unspecified atom stereocenters. The van der Waals surface area contributed by atoms with E-state index in [1.165, 1.54) is 6.92 Å². The number of ketones is 1. The molecule has 1 aromatic heterocycles. The van der Waals surface area contributed by atoms with E-state index in [4.69, 9.17) is 0 Å². The zero-order valence-corrected chi connectivity index (χ0v) is 13.9. The number of rotatable bonds is 3. The van der Waals surface area contributed by atoms with Crippen LogP contribution in [0.1, 0.15) is 35.8 Å². The first-order valence-corrected chi connectivity index (χ1v) is 8.15. The van der Waals surface area contributed by atoms with Gasteiger partial charge < -0.3 is 15.2 Å². The molecule has 1 aromatic carbocycles. The molecule has 1 aliphatic rings. The average Bonchev–Trinajstić information content (AvgIpc) is 2.89. The number of Topliss-reactive ketones (excluding diaryl/α,β-unsaturated/α-hetero) is 1. The van der Waals surface area contributed by atoms with E-state index >= 15 is 0 Å². The van der Waals surface area contributed by atoms with Crippen LogP contribution in [-0.4, -0.2) is 46.6 Å². The van der Waals surface area contributed by atoms with E-state index in [0.717, 1.165) is 10.9 Å². The third-order valence-corrected chi connectivity index (χ3v) is 4.50. The summed E-state index contributed by atoms with van der Waals surface area (Å²) in [7, 11) is 0. The lowest BCUT2D eigenvalue weighted by Gasteiger charge is -2.31. The summed E-state index contributed by atoms with van der Waals surface area (Å²) in [4.78, 5) is 41.2. The van der Waals surface area contributed by atoms with Gasteiger partial charge in [-0.15, -0.1) is 0 Å². The Bertz CT molecular complexity index is 801. The zero-order chi connectivity index (χ0) is 17.3. The second-order valence-electron chi connectivity index (χ2n) is 6.27. The van der Waals surface area contributed by atoms with Crippen molar-refractivity contribution in [3.8, 4) is 0 Å². The number of para-hydroxylation sites is 1. The van der Waals surface area contributed by atoms with E-state index in [1.807, 2.05) is 31.2 Å². The standard InChI is InChI=1S/C18H21N3O3/c1-11-16(14-5-3-4-6-15(14)19-11)17(23)18(24)21-9-7-13(8-10-21)20-12(2)22/h3-6,13,19H,7-10H2,1-2H3,(H,20,22). The maximum absolute atomic E-state index is 12.7. The first-order valence-electron chi connectivity index (χ1n) is 8.15. The Labute approximate surface area is 140 Å². The summed E-state index contributed by atoms with van der Waals surface area (Å²) in [5.74, 6) is -1.00. The van der Waals surface area contributed by atoms with Gasteiger partial charge in [0.1, 0.15) is 0 Å². The number of nitrogens with one attached hydrogen (secondary N) is 2. The van der Waals surface area contributed by atoms with Gasteiger partial charge in [0.05, 0.1) is 5.56 Å². The molecular weight excluding hydrogens is 306 g/mol. The number of carbonyl (C=O) groups excluding carboxylic acids is 3. The molecule has 3 rings (SSSR count). The lowest BCUT2D eigenvalue weighted by atomic mass is 10.0. The number of carbonyl (C=O) groups is 3. The number of nitrogens with zero attached hydrogens (tertiary/aromatic N) is 1. The van der Waals surface area contributed by atoms with Crippen molar-refractivity contribution in [2.45, 2.75) is 32.7 Å². The van der Waals surface area contributed by atoms with Crippen LogP contribution in [0.15, 0.2) is 24.3 Å². The smallest absolute Gasteiger partial charge is 0.295 e. The van der Waals surface area contributed by atoms with Crippen LogP contribution in [0.4, 0.5) is 0 Å². The monoisotopic (exact) mass is 327 g/mol. The fourth-order valence-corrected chi connectivity index (χ4v) is 3.33. The van der Waals surface area contributed by atoms with Gasteiger partial charge in [-0.1, -0.05) is 18.2 Å². The number of H-pyrrole nitrogens is 1. The summed E-state index contributed by atoms with van der Waals surface area (Å²) in [6.45, 7) is 4.26. The van der Waals surface area contributed by atoms with Gasteiger partial charge in [0.15, 0.2) is 0 Å². The maximum atomic E-state index is 12.7. The number of piperidine rings is 1. The van der Waals surface area contributed by atoms with E-state index in [1.54, 1.807) is 4.90 Å².